The quantitative estimate of drug-likeness (QED) is 0.717. The Morgan fingerprint density at radius 1 is 1.25 bits per heavy atom. The zero-order valence-corrected chi connectivity index (χ0v) is 7.21. The molecule has 0 bridgehead atoms. The molecular weight excluding hydrogens is 155 g/mol. The SMILES string of the molecule is CC(C)([CH]O)c1ccc(F)cc1. The van der Waals surface area contributed by atoms with E-state index in [1.165, 1.54) is 12.1 Å². The lowest BCUT2D eigenvalue weighted by atomic mass is 9.86. The van der Waals surface area contributed by atoms with E-state index in [2.05, 4.69) is 0 Å². The van der Waals surface area contributed by atoms with Crippen molar-refractivity contribution in [2.45, 2.75) is 19.3 Å². The van der Waals surface area contributed by atoms with Crippen LogP contribution >= 0.6 is 0 Å². The summed E-state index contributed by atoms with van der Waals surface area (Å²) in [4.78, 5) is 0. The maximum atomic E-state index is 12.5. The van der Waals surface area contributed by atoms with Crippen LogP contribution in [0, 0.1) is 12.4 Å². The minimum absolute atomic E-state index is 0.257. The lowest BCUT2D eigenvalue weighted by molar-refractivity contribution is 0.306. The van der Waals surface area contributed by atoms with Gasteiger partial charge in [-0.05, 0) is 17.7 Å². The molecule has 65 valence electrons. The highest BCUT2D eigenvalue weighted by Crippen LogP contribution is 2.24. The molecule has 1 rings (SSSR count). The number of hydrogen-bond donors (Lipinski definition) is 1. The number of benzene rings is 1. The van der Waals surface area contributed by atoms with Gasteiger partial charge < -0.3 is 5.11 Å². The van der Waals surface area contributed by atoms with E-state index in [1.54, 1.807) is 12.1 Å². The van der Waals surface area contributed by atoms with E-state index in [0.717, 1.165) is 12.2 Å². The van der Waals surface area contributed by atoms with Crippen LogP contribution < -0.4 is 0 Å². The van der Waals surface area contributed by atoms with Crippen LogP contribution in [0.4, 0.5) is 4.39 Å². The highest BCUT2D eigenvalue weighted by Gasteiger charge is 2.19. The van der Waals surface area contributed by atoms with Crippen LogP contribution in [0.2, 0.25) is 0 Å². The average Bonchev–Trinajstić information content (AvgIpc) is 2.05. The van der Waals surface area contributed by atoms with Gasteiger partial charge >= 0.3 is 0 Å². The van der Waals surface area contributed by atoms with E-state index in [4.69, 9.17) is 5.11 Å². The van der Waals surface area contributed by atoms with Crippen molar-refractivity contribution in [2.24, 2.45) is 0 Å². The largest absolute Gasteiger partial charge is 0.389 e. The standard InChI is InChI=1S/C10H12FO/c1-10(2,7-12)8-3-5-9(11)6-4-8/h3-7,12H,1-2H3. The molecule has 0 unspecified atom stereocenters. The van der Waals surface area contributed by atoms with Gasteiger partial charge in [0.05, 0.1) is 6.61 Å². The molecule has 0 aliphatic rings. The lowest BCUT2D eigenvalue weighted by Gasteiger charge is -2.21. The predicted molar refractivity (Wildman–Crippen MR) is 45.7 cm³/mol. The van der Waals surface area contributed by atoms with Gasteiger partial charge in [0.2, 0.25) is 0 Å². The third-order valence-electron chi connectivity index (χ3n) is 1.91. The summed E-state index contributed by atoms with van der Waals surface area (Å²) in [5.41, 5.74) is 0.486. The van der Waals surface area contributed by atoms with E-state index < -0.39 is 5.41 Å². The zero-order valence-electron chi connectivity index (χ0n) is 7.21. The van der Waals surface area contributed by atoms with Crippen LogP contribution in [0.1, 0.15) is 19.4 Å². The Morgan fingerprint density at radius 3 is 2.17 bits per heavy atom. The van der Waals surface area contributed by atoms with Gasteiger partial charge in [0, 0.05) is 5.41 Å². The maximum absolute atomic E-state index is 12.5. The third kappa shape index (κ3) is 1.83. The fourth-order valence-electron chi connectivity index (χ4n) is 0.954. The van der Waals surface area contributed by atoms with Crippen LogP contribution in [-0.4, -0.2) is 5.11 Å². The van der Waals surface area contributed by atoms with Crippen LogP contribution in [-0.2, 0) is 5.41 Å². The molecule has 0 saturated carbocycles. The summed E-state index contributed by atoms with van der Waals surface area (Å²) in [6.45, 7) is 4.83. The predicted octanol–water partition coefficient (Wildman–Crippen LogP) is 2.64. The first-order valence-electron chi connectivity index (χ1n) is 3.81. The Bertz CT molecular complexity index is 251. The zero-order chi connectivity index (χ0) is 9.19. The summed E-state index contributed by atoms with van der Waals surface area (Å²) in [6, 6.07) is 6.12. The summed E-state index contributed by atoms with van der Waals surface area (Å²) < 4.78 is 12.5. The van der Waals surface area contributed by atoms with Gasteiger partial charge in [-0.15, -0.1) is 0 Å². The van der Waals surface area contributed by atoms with Gasteiger partial charge in [-0.3, -0.25) is 0 Å². The first kappa shape index (κ1) is 9.20. The highest BCUT2D eigenvalue weighted by molar-refractivity contribution is 5.25. The molecule has 1 N–H and O–H groups in total. The Kier molecular flexibility index (Phi) is 2.48. The Labute approximate surface area is 71.9 Å². The molecular formula is C10H12FO. The third-order valence-corrected chi connectivity index (χ3v) is 1.91. The minimum atomic E-state index is -0.409. The molecule has 1 aromatic rings. The van der Waals surface area contributed by atoms with Crippen LogP contribution in [0.3, 0.4) is 0 Å². The van der Waals surface area contributed by atoms with Crippen molar-refractivity contribution < 1.29 is 9.50 Å². The topological polar surface area (TPSA) is 20.2 Å². The van der Waals surface area contributed by atoms with Crippen molar-refractivity contribution in [2.75, 3.05) is 0 Å². The molecule has 0 saturated heterocycles. The smallest absolute Gasteiger partial charge is 0.123 e. The van der Waals surface area contributed by atoms with Crippen molar-refractivity contribution in [3.8, 4) is 0 Å². The summed E-state index contributed by atoms with van der Waals surface area (Å²) >= 11 is 0. The van der Waals surface area contributed by atoms with E-state index in [0.29, 0.717) is 0 Å². The Balaban J connectivity index is 2.96. The average molecular weight is 167 g/mol. The van der Waals surface area contributed by atoms with Crippen molar-refractivity contribution >= 4 is 0 Å². The van der Waals surface area contributed by atoms with Crippen molar-refractivity contribution in [1.82, 2.24) is 0 Å². The molecule has 0 atom stereocenters. The molecule has 0 spiro atoms. The molecule has 0 aromatic heterocycles. The first-order chi connectivity index (χ1) is 5.56. The van der Waals surface area contributed by atoms with E-state index >= 15 is 0 Å². The first-order valence-corrected chi connectivity index (χ1v) is 3.81. The summed E-state index contributed by atoms with van der Waals surface area (Å²) in [5, 5.41) is 8.90. The van der Waals surface area contributed by atoms with Gasteiger partial charge in [-0.1, -0.05) is 26.0 Å². The summed E-state index contributed by atoms with van der Waals surface area (Å²) in [5.74, 6) is -0.257. The Morgan fingerprint density at radius 2 is 1.75 bits per heavy atom. The van der Waals surface area contributed by atoms with E-state index in [9.17, 15) is 4.39 Å². The van der Waals surface area contributed by atoms with Gasteiger partial charge in [-0.2, -0.15) is 0 Å². The van der Waals surface area contributed by atoms with Crippen LogP contribution in [0.25, 0.3) is 0 Å². The molecule has 1 radical (unpaired) electrons. The maximum Gasteiger partial charge on any atom is 0.123 e. The molecule has 0 aliphatic carbocycles. The molecule has 0 amide bonds. The molecule has 12 heavy (non-hydrogen) atoms. The molecule has 0 fully saturated rings. The minimum Gasteiger partial charge on any atom is -0.389 e. The summed E-state index contributed by atoms with van der Waals surface area (Å²) in [7, 11) is 0. The number of halogens is 1. The number of aliphatic hydroxyl groups is 1. The fourth-order valence-corrected chi connectivity index (χ4v) is 0.954. The van der Waals surface area contributed by atoms with Crippen molar-refractivity contribution in [1.29, 1.82) is 0 Å². The lowest BCUT2D eigenvalue weighted by Crippen LogP contribution is -2.17. The van der Waals surface area contributed by atoms with Crippen molar-refractivity contribution in [3.63, 3.8) is 0 Å². The normalized spacial score (nSPS) is 11.7. The second-order valence-electron chi connectivity index (χ2n) is 3.36. The molecule has 0 heterocycles. The number of aliphatic hydroxyl groups excluding tert-OH is 1. The Hall–Kier alpha value is -0.890. The summed E-state index contributed by atoms with van der Waals surface area (Å²) in [6.07, 6.45) is 0. The van der Waals surface area contributed by atoms with Crippen LogP contribution in [0.5, 0.6) is 0 Å². The number of rotatable bonds is 2. The van der Waals surface area contributed by atoms with Gasteiger partial charge in [-0.25, -0.2) is 4.39 Å². The molecule has 2 heteroatoms. The van der Waals surface area contributed by atoms with Gasteiger partial charge in [0.25, 0.3) is 0 Å². The molecule has 1 aromatic carbocycles. The second-order valence-corrected chi connectivity index (χ2v) is 3.36. The van der Waals surface area contributed by atoms with Gasteiger partial charge in [0.1, 0.15) is 5.82 Å². The van der Waals surface area contributed by atoms with Crippen molar-refractivity contribution in [3.05, 3.63) is 42.3 Å². The van der Waals surface area contributed by atoms with Crippen LogP contribution in [0.15, 0.2) is 24.3 Å². The highest BCUT2D eigenvalue weighted by atomic mass is 19.1. The fraction of sp³-hybridized carbons (Fsp3) is 0.300. The number of hydrogen-bond acceptors (Lipinski definition) is 1. The van der Waals surface area contributed by atoms with E-state index in [1.807, 2.05) is 13.8 Å². The monoisotopic (exact) mass is 167 g/mol. The van der Waals surface area contributed by atoms with Gasteiger partial charge in [0.15, 0.2) is 0 Å². The second kappa shape index (κ2) is 3.23. The molecule has 0 aliphatic heterocycles. The molecule has 1 nitrogen and oxygen atoms in total. The van der Waals surface area contributed by atoms with E-state index in [-0.39, 0.29) is 5.82 Å².